The fourth-order valence-corrected chi connectivity index (χ4v) is 2.89. The number of benzene rings is 1. The SMILES string of the molecule is Cc1cccc2cc(C(=O)C(C)(C)N3CCOCC3)oc12. The van der Waals surface area contributed by atoms with Crippen LogP contribution in [0.4, 0.5) is 0 Å². The molecule has 0 saturated carbocycles. The maximum Gasteiger partial charge on any atom is 0.217 e. The molecule has 0 aliphatic carbocycles. The van der Waals surface area contributed by atoms with Crippen molar-refractivity contribution in [3.8, 4) is 0 Å². The van der Waals surface area contributed by atoms with Crippen LogP contribution in [-0.4, -0.2) is 42.5 Å². The predicted octanol–water partition coefficient (Wildman–Crippen LogP) is 3.03. The Bertz CT molecular complexity index is 666. The Labute approximate surface area is 124 Å². The van der Waals surface area contributed by atoms with Crippen LogP contribution in [0.25, 0.3) is 11.0 Å². The standard InChI is InChI=1S/C17H21NO3/c1-12-5-4-6-13-11-14(21-15(12)13)16(19)17(2,3)18-7-9-20-10-8-18/h4-6,11H,7-10H2,1-3H3. The van der Waals surface area contributed by atoms with Gasteiger partial charge >= 0.3 is 0 Å². The molecule has 1 aromatic heterocycles. The van der Waals surface area contributed by atoms with Crippen molar-refractivity contribution < 1.29 is 13.9 Å². The summed E-state index contributed by atoms with van der Waals surface area (Å²) in [5, 5.41) is 0.983. The lowest BCUT2D eigenvalue weighted by Crippen LogP contribution is -2.54. The molecule has 0 N–H and O–H groups in total. The largest absolute Gasteiger partial charge is 0.453 e. The predicted molar refractivity (Wildman–Crippen MR) is 81.8 cm³/mol. The number of morpholine rings is 1. The van der Waals surface area contributed by atoms with Gasteiger partial charge in [-0.05, 0) is 32.4 Å². The minimum Gasteiger partial charge on any atom is -0.453 e. The van der Waals surface area contributed by atoms with E-state index in [0.717, 1.165) is 29.6 Å². The van der Waals surface area contributed by atoms with Gasteiger partial charge in [0.05, 0.1) is 18.8 Å². The Morgan fingerprint density at radius 2 is 1.95 bits per heavy atom. The molecule has 1 saturated heterocycles. The first-order valence-corrected chi connectivity index (χ1v) is 7.37. The first kappa shape index (κ1) is 14.3. The van der Waals surface area contributed by atoms with Crippen molar-refractivity contribution in [3.63, 3.8) is 0 Å². The number of hydrogen-bond donors (Lipinski definition) is 0. The van der Waals surface area contributed by atoms with E-state index in [2.05, 4.69) is 4.90 Å². The minimum absolute atomic E-state index is 0.0278. The van der Waals surface area contributed by atoms with Crippen LogP contribution in [0.3, 0.4) is 0 Å². The number of nitrogens with zero attached hydrogens (tertiary/aromatic N) is 1. The first-order chi connectivity index (χ1) is 10.00. The summed E-state index contributed by atoms with van der Waals surface area (Å²) in [6.45, 7) is 8.82. The number of ether oxygens (including phenoxy) is 1. The van der Waals surface area contributed by atoms with Crippen LogP contribution in [0.5, 0.6) is 0 Å². The molecule has 4 heteroatoms. The van der Waals surface area contributed by atoms with Gasteiger partial charge in [-0.25, -0.2) is 0 Å². The number of aryl methyl sites for hydroxylation is 1. The van der Waals surface area contributed by atoms with Crippen LogP contribution in [0.2, 0.25) is 0 Å². The van der Waals surface area contributed by atoms with E-state index < -0.39 is 5.54 Å². The summed E-state index contributed by atoms with van der Waals surface area (Å²) in [5.74, 6) is 0.468. The van der Waals surface area contributed by atoms with Gasteiger partial charge in [-0.3, -0.25) is 9.69 Å². The van der Waals surface area contributed by atoms with Gasteiger partial charge < -0.3 is 9.15 Å². The quantitative estimate of drug-likeness (QED) is 0.814. The zero-order valence-electron chi connectivity index (χ0n) is 12.8. The summed E-state index contributed by atoms with van der Waals surface area (Å²) in [4.78, 5) is 15.0. The molecule has 0 spiro atoms. The number of rotatable bonds is 3. The van der Waals surface area contributed by atoms with Crippen molar-refractivity contribution in [2.24, 2.45) is 0 Å². The van der Waals surface area contributed by atoms with Crippen LogP contribution < -0.4 is 0 Å². The van der Waals surface area contributed by atoms with Crippen molar-refractivity contribution in [1.82, 2.24) is 4.90 Å². The van der Waals surface area contributed by atoms with Gasteiger partial charge in [0.15, 0.2) is 5.76 Å². The van der Waals surface area contributed by atoms with E-state index in [1.54, 1.807) is 0 Å². The van der Waals surface area contributed by atoms with Gasteiger partial charge in [0.25, 0.3) is 0 Å². The number of carbonyl (C=O) groups excluding carboxylic acids is 1. The number of carbonyl (C=O) groups is 1. The highest BCUT2D eigenvalue weighted by molar-refractivity contribution is 6.03. The molecule has 2 heterocycles. The number of para-hydroxylation sites is 1. The summed E-state index contributed by atoms with van der Waals surface area (Å²) in [6.07, 6.45) is 0. The van der Waals surface area contributed by atoms with Crippen molar-refractivity contribution >= 4 is 16.8 Å². The van der Waals surface area contributed by atoms with Crippen molar-refractivity contribution in [2.45, 2.75) is 26.3 Å². The van der Waals surface area contributed by atoms with Gasteiger partial charge in [-0.15, -0.1) is 0 Å². The molecule has 1 aromatic carbocycles. The molecule has 1 fully saturated rings. The molecule has 1 aliphatic rings. The van der Waals surface area contributed by atoms with E-state index in [1.807, 2.05) is 45.0 Å². The van der Waals surface area contributed by atoms with Crippen LogP contribution in [0, 0.1) is 6.92 Å². The molecule has 0 radical (unpaired) electrons. The van der Waals surface area contributed by atoms with Gasteiger partial charge in [0.2, 0.25) is 5.78 Å². The molecule has 4 nitrogen and oxygen atoms in total. The van der Waals surface area contributed by atoms with Gasteiger partial charge in [0.1, 0.15) is 5.58 Å². The Morgan fingerprint density at radius 3 is 2.62 bits per heavy atom. The molecule has 21 heavy (non-hydrogen) atoms. The lowest BCUT2D eigenvalue weighted by Gasteiger charge is -2.38. The first-order valence-electron chi connectivity index (χ1n) is 7.37. The average Bonchev–Trinajstić information content (AvgIpc) is 2.93. The fraction of sp³-hybridized carbons (Fsp3) is 0.471. The van der Waals surface area contributed by atoms with E-state index in [0.29, 0.717) is 19.0 Å². The highest BCUT2D eigenvalue weighted by Crippen LogP contribution is 2.27. The zero-order chi connectivity index (χ0) is 15.0. The van der Waals surface area contributed by atoms with Crippen LogP contribution in [0.1, 0.15) is 30.0 Å². The number of furan rings is 1. The Kier molecular flexibility index (Phi) is 3.59. The highest BCUT2D eigenvalue weighted by Gasteiger charge is 2.37. The topological polar surface area (TPSA) is 42.7 Å². The van der Waals surface area contributed by atoms with Crippen LogP contribution >= 0.6 is 0 Å². The Morgan fingerprint density at radius 1 is 1.24 bits per heavy atom. The minimum atomic E-state index is -0.578. The van der Waals surface area contributed by atoms with Gasteiger partial charge in [0, 0.05) is 18.5 Å². The zero-order valence-corrected chi connectivity index (χ0v) is 12.8. The molecular weight excluding hydrogens is 266 g/mol. The Balaban J connectivity index is 1.93. The van der Waals surface area contributed by atoms with E-state index in [9.17, 15) is 4.79 Å². The van der Waals surface area contributed by atoms with Crippen LogP contribution in [0.15, 0.2) is 28.7 Å². The molecule has 112 valence electrons. The van der Waals surface area contributed by atoms with E-state index >= 15 is 0 Å². The number of hydrogen-bond acceptors (Lipinski definition) is 4. The second-order valence-electron chi connectivity index (χ2n) is 6.09. The Hall–Kier alpha value is -1.65. The molecule has 2 aromatic rings. The van der Waals surface area contributed by atoms with Crippen LogP contribution in [-0.2, 0) is 4.74 Å². The normalized spacial score (nSPS) is 17.3. The fourth-order valence-electron chi connectivity index (χ4n) is 2.89. The maximum absolute atomic E-state index is 12.9. The van der Waals surface area contributed by atoms with Crippen molar-refractivity contribution in [2.75, 3.05) is 26.3 Å². The summed E-state index contributed by atoms with van der Waals surface area (Å²) in [7, 11) is 0. The van der Waals surface area contributed by atoms with Gasteiger partial charge in [-0.1, -0.05) is 18.2 Å². The van der Waals surface area contributed by atoms with Crippen molar-refractivity contribution in [1.29, 1.82) is 0 Å². The smallest absolute Gasteiger partial charge is 0.217 e. The molecule has 0 bridgehead atoms. The second-order valence-corrected chi connectivity index (χ2v) is 6.09. The maximum atomic E-state index is 12.9. The third-order valence-electron chi connectivity index (χ3n) is 4.32. The summed E-state index contributed by atoms with van der Waals surface area (Å²) < 4.78 is 11.2. The third kappa shape index (κ3) is 2.49. The molecule has 0 atom stereocenters. The number of fused-ring (bicyclic) bond motifs is 1. The lowest BCUT2D eigenvalue weighted by molar-refractivity contribution is -0.00514. The number of ketones is 1. The monoisotopic (exact) mass is 287 g/mol. The number of Topliss-reactive ketones (excluding diaryl/α,β-unsaturated/α-hetero) is 1. The summed E-state index contributed by atoms with van der Waals surface area (Å²) in [5.41, 5.74) is 1.28. The summed E-state index contributed by atoms with van der Waals surface area (Å²) in [6, 6.07) is 7.80. The molecule has 3 rings (SSSR count). The van der Waals surface area contributed by atoms with E-state index in [-0.39, 0.29) is 5.78 Å². The highest BCUT2D eigenvalue weighted by atomic mass is 16.5. The molecular formula is C17H21NO3. The molecule has 0 amide bonds. The van der Waals surface area contributed by atoms with Gasteiger partial charge in [-0.2, -0.15) is 0 Å². The summed E-state index contributed by atoms with van der Waals surface area (Å²) >= 11 is 0. The van der Waals surface area contributed by atoms with E-state index in [1.165, 1.54) is 0 Å². The lowest BCUT2D eigenvalue weighted by atomic mass is 9.94. The molecule has 0 unspecified atom stereocenters. The average molecular weight is 287 g/mol. The molecule has 1 aliphatic heterocycles. The van der Waals surface area contributed by atoms with E-state index in [4.69, 9.17) is 9.15 Å². The van der Waals surface area contributed by atoms with Crippen molar-refractivity contribution in [3.05, 3.63) is 35.6 Å². The second kappa shape index (κ2) is 5.28. The third-order valence-corrected chi connectivity index (χ3v) is 4.32.